The summed E-state index contributed by atoms with van der Waals surface area (Å²) in [5, 5.41) is 8.29. The Labute approximate surface area is 153 Å². The first kappa shape index (κ1) is 18.6. The first-order chi connectivity index (χ1) is 12.4. The standard InChI is InChI=1S/C18H27N5O3/c1-12-13(2)26-16(20-12)11-23-8-6-14(7-9-23)10-19-18(25)15-4-5-17(24)22(3)21-15/h14H,4-11H2,1-3H3,(H,19,25). The van der Waals surface area contributed by atoms with Gasteiger partial charge in [-0.3, -0.25) is 14.5 Å². The van der Waals surface area contributed by atoms with Crippen LogP contribution >= 0.6 is 0 Å². The van der Waals surface area contributed by atoms with E-state index in [0.717, 1.165) is 49.8 Å². The van der Waals surface area contributed by atoms with Gasteiger partial charge in [0.1, 0.15) is 11.5 Å². The van der Waals surface area contributed by atoms with Crippen molar-refractivity contribution < 1.29 is 14.0 Å². The molecule has 3 rings (SSSR count). The Hall–Kier alpha value is -2.22. The second kappa shape index (κ2) is 7.99. The maximum atomic E-state index is 12.2. The number of aromatic nitrogens is 1. The second-order valence-electron chi connectivity index (χ2n) is 7.14. The number of hydrogen-bond donors (Lipinski definition) is 1. The van der Waals surface area contributed by atoms with Crippen LogP contribution in [0.3, 0.4) is 0 Å². The summed E-state index contributed by atoms with van der Waals surface area (Å²) in [7, 11) is 1.58. The van der Waals surface area contributed by atoms with Gasteiger partial charge in [0.2, 0.25) is 11.8 Å². The first-order valence-electron chi connectivity index (χ1n) is 9.20. The second-order valence-corrected chi connectivity index (χ2v) is 7.14. The van der Waals surface area contributed by atoms with Crippen LogP contribution in [-0.2, 0) is 16.1 Å². The number of hydrazone groups is 1. The third kappa shape index (κ3) is 4.49. The van der Waals surface area contributed by atoms with Crippen LogP contribution < -0.4 is 5.32 Å². The molecule has 3 heterocycles. The van der Waals surface area contributed by atoms with Crippen molar-refractivity contribution in [1.82, 2.24) is 20.2 Å². The van der Waals surface area contributed by atoms with Gasteiger partial charge in [0.15, 0.2) is 0 Å². The number of nitrogens with one attached hydrogen (secondary N) is 1. The van der Waals surface area contributed by atoms with Crippen LogP contribution in [0.25, 0.3) is 0 Å². The minimum atomic E-state index is -0.155. The molecule has 1 aromatic rings. The van der Waals surface area contributed by atoms with Gasteiger partial charge < -0.3 is 9.73 Å². The Morgan fingerprint density at radius 3 is 2.62 bits per heavy atom. The molecule has 0 unspecified atom stereocenters. The average Bonchev–Trinajstić information content (AvgIpc) is 2.94. The minimum Gasteiger partial charge on any atom is -0.444 e. The van der Waals surface area contributed by atoms with Crippen molar-refractivity contribution in [2.45, 2.75) is 46.1 Å². The van der Waals surface area contributed by atoms with Gasteiger partial charge in [0.05, 0.1) is 12.2 Å². The summed E-state index contributed by atoms with van der Waals surface area (Å²) in [6.45, 7) is 7.23. The van der Waals surface area contributed by atoms with Crippen LogP contribution in [0.5, 0.6) is 0 Å². The lowest BCUT2D eigenvalue weighted by Crippen LogP contribution is -2.42. The molecular formula is C18H27N5O3. The number of piperidine rings is 1. The molecule has 0 atom stereocenters. The number of aryl methyl sites for hydroxylation is 2. The number of hydrogen-bond acceptors (Lipinski definition) is 6. The fraction of sp³-hybridized carbons (Fsp3) is 0.667. The highest BCUT2D eigenvalue weighted by molar-refractivity contribution is 6.39. The lowest BCUT2D eigenvalue weighted by atomic mass is 9.96. The molecule has 0 radical (unpaired) electrons. The van der Waals surface area contributed by atoms with Crippen molar-refractivity contribution in [2.24, 2.45) is 11.0 Å². The molecule has 8 nitrogen and oxygen atoms in total. The molecule has 1 fully saturated rings. The topological polar surface area (TPSA) is 91.0 Å². The summed E-state index contributed by atoms with van der Waals surface area (Å²) in [5.74, 6) is 1.92. The molecule has 1 saturated heterocycles. The van der Waals surface area contributed by atoms with Crippen molar-refractivity contribution in [3.8, 4) is 0 Å². The zero-order valence-electron chi connectivity index (χ0n) is 15.7. The Kier molecular flexibility index (Phi) is 5.70. The quantitative estimate of drug-likeness (QED) is 0.852. The van der Waals surface area contributed by atoms with Gasteiger partial charge in [-0.2, -0.15) is 5.10 Å². The fourth-order valence-electron chi connectivity index (χ4n) is 3.32. The fourth-order valence-corrected chi connectivity index (χ4v) is 3.32. The van der Waals surface area contributed by atoms with Crippen LogP contribution in [0.2, 0.25) is 0 Å². The number of likely N-dealkylation sites (tertiary alicyclic amines) is 1. The monoisotopic (exact) mass is 361 g/mol. The SMILES string of the molecule is Cc1nc(CN2CCC(CNC(=O)C3=NN(C)C(=O)CC3)CC2)oc1C. The molecule has 0 bridgehead atoms. The molecule has 0 aliphatic carbocycles. The minimum absolute atomic E-state index is 0.0506. The van der Waals surface area contributed by atoms with E-state index in [9.17, 15) is 9.59 Å². The summed E-state index contributed by atoms with van der Waals surface area (Å²) in [6.07, 6.45) is 2.83. The van der Waals surface area contributed by atoms with Gasteiger partial charge in [0, 0.05) is 26.4 Å². The van der Waals surface area contributed by atoms with E-state index < -0.39 is 0 Å². The van der Waals surface area contributed by atoms with Gasteiger partial charge in [0.25, 0.3) is 5.91 Å². The third-order valence-corrected chi connectivity index (χ3v) is 5.16. The molecule has 8 heteroatoms. The maximum Gasteiger partial charge on any atom is 0.267 e. The van der Waals surface area contributed by atoms with Crippen LogP contribution in [0.15, 0.2) is 9.52 Å². The largest absolute Gasteiger partial charge is 0.444 e. The number of carbonyl (C=O) groups is 2. The van der Waals surface area contributed by atoms with Crippen molar-refractivity contribution in [3.05, 3.63) is 17.3 Å². The molecule has 1 aromatic heterocycles. The van der Waals surface area contributed by atoms with Crippen LogP contribution in [0.1, 0.15) is 43.0 Å². The third-order valence-electron chi connectivity index (χ3n) is 5.16. The average molecular weight is 361 g/mol. The molecule has 1 N–H and O–H groups in total. The van der Waals surface area contributed by atoms with E-state index in [-0.39, 0.29) is 11.8 Å². The van der Waals surface area contributed by atoms with E-state index in [2.05, 4.69) is 20.3 Å². The summed E-state index contributed by atoms with van der Waals surface area (Å²) in [6, 6.07) is 0. The number of oxazole rings is 1. The highest BCUT2D eigenvalue weighted by atomic mass is 16.4. The Bertz CT molecular complexity index is 684. The van der Waals surface area contributed by atoms with E-state index in [0.29, 0.717) is 31.0 Å². The Balaban J connectivity index is 1.41. The lowest BCUT2D eigenvalue weighted by molar-refractivity contribution is -0.130. The van der Waals surface area contributed by atoms with E-state index in [4.69, 9.17) is 4.42 Å². The maximum absolute atomic E-state index is 12.2. The smallest absolute Gasteiger partial charge is 0.267 e. The van der Waals surface area contributed by atoms with Crippen LogP contribution in [0.4, 0.5) is 0 Å². The van der Waals surface area contributed by atoms with Gasteiger partial charge in [-0.25, -0.2) is 9.99 Å². The zero-order chi connectivity index (χ0) is 18.7. The van der Waals surface area contributed by atoms with Crippen LogP contribution in [0, 0.1) is 19.8 Å². The Morgan fingerprint density at radius 1 is 1.27 bits per heavy atom. The summed E-state index contributed by atoms with van der Waals surface area (Å²) >= 11 is 0. The highest BCUT2D eigenvalue weighted by Crippen LogP contribution is 2.19. The van der Waals surface area contributed by atoms with Crippen molar-refractivity contribution >= 4 is 17.5 Å². The molecular weight excluding hydrogens is 334 g/mol. The molecule has 2 aliphatic heterocycles. The van der Waals surface area contributed by atoms with Crippen LogP contribution in [-0.4, -0.2) is 59.1 Å². The predicted molar refractivity (Wildman–Crippen MR) is 96.4 cm³/mol. The van der Waals surface area contributed by atoms with Gasteiger partial charge in [-0.05, 0) is 45.7 Å². The number of rotatable bonds is 5. The number of amides is 2. The molecule has 0 saturated carbocycles. The zero-order valence-corrected chi connectivity index (χ0v) is 15.7. The molecule has 0 spiro atoms. The molecule has 2 aliphatic rings. The summed E-state index contributed by atoms with van der Waals surface area (Å²) < 4.78 is 5.66. The highest BCUT2D eigenvalue weighted by Gasteiger charge is 2.24. The summed E-state index contributed by atoms with van der Waals surface area (Å²) in [4.78, 5) is 30.4. The predicted octanol–water partition coefficient (Wildman–Crippen LogP) is 1.23. The van der Waals surface area contributed by atoms with Gasteiger partial charge >= 0.3 is 0 Å². The van der Waals surface area contributed by atoms with E-state index in [1.807, 2.05) is 13.8 Å². The Morgan fingerprint density at radius 2 is 2.00 bits per heavy atom. The molecule has 142 valence electrons. The number of nitrogens with zero attached hydrogens (tertiary/aromatic N) is 4. The normalized spacial score (nSPS) is 19.6. The van der Waals surface area contributed by atoms with E-state index in [1.54, 1.807) is 7.05 Å². The number of carbonyl (C=O) groups excluding carboxylic acids is 2. The van der Waals surface area contributed by atoms with Crippen molar-refractivity contribution in [1.29, 1.82) is 0 Å². The molecule has 2 amide bonds. The molecule has 0 aromatic carbocycles. The van der Waals surface area contributed by atoms with Crippen molar-refractivity contribution in [2.75, 3.05) is 26.7 Å². The first-order valence-corrected chi connectivity index (χ1v) is 9.20. The van der Waals surface area contributed by atoms with Crippen molar-refractivity contribution in [3.63, 3.8) is 0 Å². The summed E-state index contributed by atoms with van der Waals surface area (Å²) in [5.41, 5.74) is 1.40. The molecule has 26 heavy (non-hydrogen) atoms. The lowest BCUT2D eigenvalue weighted by Gasteiger charge is -2.31. The van der Waals surface area contributed by atoms with E-state index >= 15 is 0 Å². The van der Waals surface area contributed by atoms with Gasteiger partial charge in [-0.15, -0.1) is 0 Å². The van der Waals surface area contributed by atoms with E-state index in [1.165, 1.54) is 5.01 Å². The van der Waals surface area contributed by atoms with Gasteiger partial charge in [-0.1, -0.05) is 0 Å².